The Labute approximate surface area is 85.3 Å². The molecule has 62 valence electrons. The van der Waals surface area contributed by atoms with Crippen LogP contribution in [0.3, 0.4) is 0 Å². The molecule has 0 atom stereocenters. The topological polar surface area (TPSA) is 0 Å². The molecule has 1 aromatic heterocycles. The third-order valence-electron chi connectivity index (χ3n) is 1.59. The van der Waals surface area contributed by atoms with Crippen LogP contribution in [0.1, 0.15) is 0 Å². The largest absolute Gasteiger partial charge is 0.204 e. The Morgan fingerprint density at radius 2 is 2.08 bits per heavy atom. The quantitative estimate of drug-likeness (QED) is 0.512. The van der Waals surface area contributed by atoms with Crippen molar-refractivity contribution in [3.05, 3.63) is 32.7 Å². The molecule has 12 heavy (non-hydrogen) atoms. The standard InChI is InChI=1S/C8H3F2IS/c9-5-3-6-4(1-2-12-6)8(11)7(5)10/h1-3H. The molecule has 0 aliphatic heterocycles. The van der Waals surface area contributed by atoms with Crippen molar-refractivity contribution in [2.75, 3.05) is 0 Å². The molecule has 0 spiro atoms. The van der Waals surface area contributed by atoms with E-state index in [1.165, 1.54) is 17.4 Å². The van der Waals surface area contributed by atoms with Gasteiger partial charge >= 0.3 is 0 Å². The van der Waals surface area contributed by atoms with Gasteiger partial charge in [0.2, 0.25) is 0 Å². The summed E-state index contributed by atoms with van der Waals surface area (Å²) in [5, 5.41) is 2.62. The van der Waals surface area contributed by atoms with E-state index in [2.05, 4.69) is 0 Å². The van der Waals surface area contributed by atoms with Gasteiger partial charge in [-0.05, 0) is 40.1 Å². The van der Waals surface area contributed by atoms with Crippen molar-refractivity contribution < 1.29 is 8.78 Å². The lowest BCUT2D eigenvalue weighted by atomic mass is 10.2. The van der Waals surface area contributed by atoms with Gasteiger partial charge < -0.3 is 0 Å². The van der Waals surface area contributed by atoms with Gasteiger partial charge in [0.15, 0.2) is 11.6 Å². The molecule has 2 aromatic rings. The Bertz CT molecular complexity index is 436. The van der Waals surface area contributed by atoms with Crippen molar-refractivity contribution in [1.82, 2.24) is 0 Å². The predicted molar refractivity (Wildman–Crippen MR) is 54.5 cm³/mol. The van der Waals surface area contributed by atoms with Crippen molar-refractivity contribution in [1.29, 1.82) is 0 Å². The van der Waals surface area contributed by atoms with Crippen LogP contribution in [0.2, 0.25) is 0 Å². The second-order valence-electron chi connectivity index (χ2n) is 2.32. The first-order chi connectivity index (χ1) is 5.70. The summed E-state index contributed by atoms with van der Waals surface area (Å²) in [5.41, 5.74) is 0. The van der Waals surface area contributed by atoms with Crippen LogP contribution >= 0.6 is 33.9 Å². The zero-order chi connectivity index (χ0) is 8.72. The maximum absolute atomic E-state index is 13.0. The third-order valence-corrected chi connectivity index (χ3v) is 3.51. The van der Waals surface area contributed by atoms with E-state index in [1.54, 1.807) is 6.07 Å². The summed E-state index contributed by atoms with van der Waals surface area (Å²) in [6.45, 7) is 0. The Kier molecular flexibility index (Phi) is 2.04. The van der Waals surface area contributed by atoms with Crippen LogP contribution in [0, 0.1) is 15.2 Å². The minimum Gasteiger partial charge on any atom is -0.204 e. The first kappa shape index (κ1) is 8.37. The molecular weight excluding hydrogens is 293 g/mol. The second kappa shape index (κ2) is 2.92. The third kappa shape index (κ3) is 1.13. The van der Waals surface area contributed by atoms with E-state index in [4.69, 9.17) is 0 Å². The van der Waals surface area contributed by atoms with E-state index in [9.17, 15) is 8.78 Å². The molecule has 0 fully saturated rings. The van der Waals surface area contributed by atoms with Crippen molar-refractivity contribution in [2.24, 2.45) is 0 Å². The van der Waals surface area contributed by atoms with Gasteiger partial charge in [-0.2, -0.15) is 0 Å². The maximum Gasteiger partial charge on any atom is 0.172 e. The maximum atomic E-state index is 13.0. The van der Waals surface area contributed by atoms with E-state index in [-0.39, 0.29) is 0 Å². The highest BCUT2D eigenvalue weighted by atomic mass is 127. The molecule has 1 heterocycles. The molecule has 0 amide bonds. The average Bonchev–Trinajstić information content (AvgIpc) is 2.48. The fraction of sp³-hybridized carbons (Fsp3) is 0. The van der Waals surface area contributed by atoms with Crippen LogP contribution in [0.25, 0.3) is 10.1 Å². The van der Waals surface area contributed by atoms with Crippen LogP contribution in [0.15, 0.2) is 17.5 Å². The molecule has 4 heteroatoms. The zero-order valence-corrected chi connectivity index (χ0v) is 8.75. The van der Waals surface area contributed by atoms with Gasteiger partial charge in [0.25, 0.3) is 0 Å². The van der Waals surface area contributed by atoms with Crippen LogP contribution in [-0.2, 0) is 0 Å². The van der Waals surface area contributed by atoms with Crippen LogP contribution in [-0.4, -0.2) is 0 Å². The molecule has 0 unspecified atom stereocenters. The smallest absolute Gasteiger partial charge is 0.172 e. The van der Waals surface area contributed by atoms with E-state index < -0.39 is 11.6 Å². The summed E-state index contributed by atoms with van der Waals surface area (Å²) >= 11 is 3.23. The van der Waals surface area contributed by atoms with Crippen LogP contribution < -0.4 is 0 Å². The summed E-state index contributed by atoms with van der Waals surface area (Å²) < 4.78 is 26.9. The van der Waals surface area contributed by atoms with E-state index >= 15 is 0 Å². The van der Waals surface area contributed by atoms with Gasteiger partial charge in [0.1, 0.15) is 0 Å². The Balaban J connectivity index is 2.94. The minimum atomic E-state index is -0.769. The molecule has 0 aliphatic carbocycles. The highest BCUT2D eigenvalue weighted by molar-refractivity contribution is 14.1. The highest BCUT2D eigenvalue weighted by Gasteiger charge is 2.11. The lowest BCUT2D eigenvalue weighted by Crippen LogP contribution is -1.87. The molecule has 1 aromatic carbocycles. The van der Waals surface area contributed by atoms with Crippen LogP contribution in [0.5, 0.6) is 0 Å². The molecule has 0 saturated carbocycles. The number of hydrogen-bond acceptors (Lipinski definition) is 1. The average molecular weight is 296 g/mol. The van der Waals surface area contributed by atoms with Crippen molar-refractivity contribution in [3.63, 3.8) is 0 Å². The van der Waals surface area contributed by atoms with Crippen molar-refractivity contribution in [3.8, 4) is 0 Å². The van der Waals surface area contributed by atoms with Gasteiger partial charge in [0.05, 0.1) is 3.57 Å². The first-order valence-corrected chi connectivity index (χ1v) is 5.16. The molecule has 0 radical (unpaired) electrons. The molecule has 0 N–H and O–H groups in total. The molecule has 0 nitrogen and oxygen atoms in total. The van der Waals surface area contributed by atoms with E-state index in [1.807, 2.05) is 28.0 Å². The second-order valence-corrected chi connectivity index (χ2v) is 4.35. The molecule has 2 rings (SSSR count). The summed E-state index contributed by atoms with van der Waals surface area (Å²) in [5.74, 6) is -1.52. The SMILES string of the molecule is Fc1cc2sccc2c(I)c1F. The Hall–Kier alpha value is -0.230. The number of hydrogen-bond donors (Lipinski definition) is 0. The van der Waals surface area contributed by atoms with Gasteiger partial charge in [-0.1, -0.05) is 0 Å². The molecule has 0 aliphatic rings. The van der Waals surface area contributed by atoms with Crippen LogP contribution in [0.4, 0.5) is 8.78 Å². The fourth-order valence-electron chi connectivity index (χ4n) is 1.02. The number of benzene rings is 1. The minimum absolute atomic E-state index is 0.365. The highest BCUT2D eigenvalue weighted by Crippen LogP contribution is 2.29. The monoisotopic (exact) mass is 296 g/mol. The summed E-state index contributed by atoms with van der Waals surface area (Å²) in [7, 11) is 0. The lowest BCUT2D eigenvalue weighted by Gasteiger charge is -1.97. The van der Waals surface area contributed by atoms with E-state index in [0.29, 0.717) is 3.57 Å². The Morgan fingerprint density at radius 3 is 2.83 bits per heavy atom. The summed E-state index contributed by atoms with van der Waals surface area (Å²) in [6.07, 6.45) is 0. The molecule has 0 bridgehead atoms. The number of halogens is 3. The zero-order valence-electron chi connectivity index (χ0n) is 5.77. The molecule has 0 saturated heterocycles. The van der Waals surface area contributed by atoms with Crippen molar-refractivity contribution >= 4 is 44.0 Å². The number of fused-ring (bicyclic) bond motifs is 1. The normalized spacial score (nSPS) is 10.9. The van der Waals surface area contributed by atoms with Crippen molar-refractivity contribution in [2.45, 2.75) is 0 Å². The lowest BCUT2D eigenvalue weighted by molar-refractivity contribution is 0.506. The van der Waals surface area contributed by atoms with Gasteiger partial charge in [-0.25, -0.2) is 8.78 Å². The number of rotatable bonds is 0. The molecular formula is C8H3F2IS. The first-order valence-electron chi connectivity index (χ1n) is 3.21. The summed E-state index contributed by atoms with van der Waals surface area (Å²) in [4.78, 5) is 0. The summed E-state index contributed by atoms with van der Waals surface area (Å²) in [6, 6.07) is 3.03. The number of thiophene rings is 1. The van der Waals surface area contributed by atoms with Gasteiger partial charge in [-0.3, -0.25) is 0 Å². The van der Waals surface area contributed by atoms with Gasteiger partial charge in [-0.15, -0.1) is 11.3 Å². The van der Waals surface area contributed by atoms with E-state index in [0.717, 1.165) is 10.1 Å². The predicted octanol–water partition coefficient (Wildman–Crippen LogP) is 3.78. The van der Waals surface area contributed by atoms with Gasteiger partial charge in [0, 0.05) is 10.1 Å². The Morgan fingerprint density at radius 1 is 1.33 bits per heavy atom. The fourth-order valence-corrected chi connectivity index (χ4v) is 2.75.